The molecule has 0 atom stereocenters. The Balaban J connectivity index is 1.55. The van der Waals surface area contributed by atoms with Crippen LogP contribution in [0.5, 0.6) is 0 Å². The average Bonchev–Trinajstić information content (AvgIpc) is 3.33. The van der Waals surface area contributed by atoms with E-state index < -0.39 is 0 Å². The molecule has 3 rings (SSSR count). The highest BCUT2D eigenvalue weighted by Crippen LogP contribution is 2.29. The molecule has 6 nitrogen and oxygen atoms in total. The molecule has 1 aromatic rings. The number of anilines is 2. The Morgan fingerprint density at radius 3 is 2.62 bits per heavy atom. The van der Waals surface area contributed by atoms with E-state index >= 15 is 0 Å². The Bertz CT molecular complexity index is 507. The lowest BCUT2D eigenvalue weighted by Crippen LogP contribution is -2.45. The lowest BCUT2D eigenvalue weighted by Gasteiger charge is -2.32. The van der Waals surface area contributed by atoms with Crippen LogP contribution in [0.4, 0.5) is 11.8 Å². The molecule has 1 aliphatic heterocycles. The molecule has 0 bridgehead atoms. The number of nitrogens with one attached hydrogen (secondary N) is 1. The number of nitrogens with zero attached hydrogens (tertiary/aromatic N) is 4. The molecule has 0 radical (unpaired) electrons. The maximum Gasteiger partial charge on any atom is 0.227 e. The van der Waals surface area contributed by atoms with Gasteiger partial charge in [-0.05, 0) is 31.7 Å². The standard InChI is InChI=1S/C15H23N5O/c1-19(2)13-5-8-16-15(18-13)20-9-6-12(7-10-20)17-14(21)11-3-4-11/h5,8,11-12H,3-4,6-7,9-10H2,1-2H3,(H,17,21). The van der Waals surface area contributed by atoms with E-state index in [9.17, 15) is 4.79 Å². The maximum absolute atomic E-state index is 11.8. The lowest BCUT2D eigenvalue weighted by molar-refractivity contribution is -0.123. The van der Waals surface area contributed by atoms with Gasteiger partial charge in [0.1, 0.15) is 5.82 Å². The monoisotopic (exact) mass is 289 g/mol. The highest BCUT2D eigenvalue weighted by molar-refractivity contribution is 5.81. The smallest absolute Gasteiger partial charge is 0.227 e. The summed E-state index contributed by atoms with van der Waals surface area (Å²) in [5.41, 5.74) is 0. The summed E-state index contributed by atoms with van der Waals surface area (Å²) in [6.45, 7) is 1.79. The van der Waals surface area contributed by atoms with Crippen molar-refractivity contribution in [3.8, 4) is 0 Å². The van der Waals surface area contributed by atoms with Crippen molar-refractivity contribution in [3.63, 3.8) is 0 Å². The van der Waals surface area contributed by atoms with Crippen molar-refractivity contribution in [3.05, 3.63) is 12.3 Å². The lowest BCUT2D eigenvalue weighted by atomic mass is 10.1. The van der Waals surface area contributed by atoms with Crippen molar-refractivity contribution >= 4 is 17.7 Å². The van der Waals surface area contributed by atoms with E-state index in [4.69, 9.17) is 0 Å². The van der Waals surface area contributed by atoms with Gasteiger partial charge in [-0.3, -0.25) is 4.79 Å². The maximum atomic E-state index is 11.8. The molecule has 114 valence electrons. The number of piperidine rings is 1. The van der Waals surface area contributed by atoms with Crippen LogP contribution < -0.4 is 15.1 Å². The second-order valence-electron chi connectivity index (χ2n) is 6.15. The van der Waals surface area contributed by atoms with E-state index in [0.29, 0.717) is 12.0 Å². The molecule has 6 heteroatoms. The van der Waals surface area contributed by atoms with Crippen LogP contribution >= 0.6 is 0 Å². The zero-order chi connectivity index (χ0) is 14.8. The van der Waals surface area contributed by atoms with Crippen molar-refractivity contribution in [2.75, 3.05) is 37.0 Å². The van der Waals surface area contributed by atoms with Crippen LogP contribution in [0.2, 0.25) is 0 Å². The van der Waals surface area contributed by atoms with Crippen LogP contribution in [0.3, 0.4) is 0 Å². The summed E-state index contributed by atoms with van der Waals surface area (Å²) in [6, 6.07) is 2.22. The van der Waals surface area contributed by atoms with Gasteiger partial charge in [-0.2, -0.15) is 4.98 Å². The summed E-state index contributed by atoms with van der Waals surface area (Å²) < 4.78 is 0. The third-order valence-electron chi connectivity index (χ3n) is 4.16. The van der Waals surface area contributed by atoms with Crippen LogP contribution in [-0.2, 0) is 4.79 Å². The molecular formula is C15H23N5O. The predicted molar refractivity (Wildman–Crippen MR) is 82.5 cm³/mol. The minimum absolute atomic E-state index is 0.249. The number of amides is 1. The Hall–Kier alpha value is -1.85. The minimum atomic E-state index is 0.249. The number of aromatic nitrogens is 2. The number of rotatable bonds is 4. The first-order valence-corrected chi connectivity index (χ1v) is 7.69. The first-order chi connectivity index (χ1) is 10.1. The Morgan fingerprint density at radius 2 is 2.00 bits per heavy atom. The van der Waals surface area contributed by atoms with Crippen molar-refractivity contribution in [1.29, 1.82) is 0 Å². The van der Waals surface area contributed by atoms with E-state index in [-0.39, 0.29) is 5.91 Å². The number of carbonyl (C=O) groups is 1. The first-order valence-electron chi connectivity index (χ1n) is 7.69. The summed E-state index contributed by atoms with van der Waals surface area (Å²) in [5, 5.41) is 3.17. The van der Waals surface area contributed by atoms with Crippen molar-refractivity contribution in [2.24, 2.45) is 5.92 Å². The van der Waals surface area contributed by atoms with Crippen LogP contribution in [-0.4, -0.2) is 49.1 Å². The molecule has 2 fully saturated rings. The fraction of sp³-hybridized carbons (Fsp3) is 0.667. The second kappa shape index (κ2) is 5.87. The number of hydrogen-bond donors (Lipinski definition) is 1. The zero-order valence-electron chi connectivity index (χ0n) is 12.7. The highest BCUT2D eigenvalue weighted by Gasteiger charge is 2.32. The van der Waals surface area contributed by atoms with Gasteiger partial charge in [-0.25, -0.2) is 4.98 Å². The number of carbonyl (C=O) groups excluding carboxylic acids is 1. The summed E-state index contributed by atoms with van der Waals surface area (Å²) in [7, 11) is 3.96. The summed E-state index contributed by atoms with van der Waals surface area (Å²) in [5.74, 6) is 2.25. The van der Waals surface area contributed by atoms with Gasteiger partial charge >= 0.3 is 0 Å². The van der Waals surface area contributed by atoms with Crippen LogP contribution in [0, 0.1) is 5.92 Å². The molecule has 2 aliphatic rings. The van der Waals surface area contributed by atoms with Gasteiger partial charge in [0.15, 0.2) is 0 Å². The van der Waals surface area contributed by atoms with Crippen LogP contribution in [0.15, 0.2) is 12.3 Å². The quantitative estimate of drug-likeness (QED) is 0.897. The zero-order valence-corrected chi connectivity index (χ0v) is 12.7. The van der Waals surface area contributed by atoms with Crippen LogP contribution in [0.25, 0.3) is 0 Å². The molecule has 1 saturated carbocycles. The molecule has 1 amide bonds. The van der Waals surface area contributed by atoms with Crippen LogP contribution in [0.1, 0.15) is 25.7 Å². The van der Waals surface area contributed by atoms with Crippen molar-refractivity contribution in [1.82, 2.24) is 15.3 Å². The Labute approximate surface area is 125 Å². The molecule has 0 aromatic carbocycles. The normalized spacial score (nSPS) is 19.4. The van der Waals surface area contributed by atoms with Gasteiger partial charge in [0.25, 0.3) is 0 Å². The first kappa shape index (κ1) is 14.1. The van der Waals surface area contributed by atoms with E-state index in [1.807, 2.05) is 25.1 Å². The number of hydrogen-bond acceptors (Lipinski definition) is 5. The molecule has 0 spiro atoms. The summed E-state index contributed by atoms with van der Waals surface area (Å²) in [6.07, 6.45) is 5.87. The minimum Gasteiger partial charge on any atom is -0.363 e. The molecule has 1 aromatic heterocycles. The third kappa shape index (κ3) is 3.43. The second-order valence-corrected chi connectivity index (χ2v) is 6.15. The van der Waals surface area contributed by atoms with Gasteiger partial charge in [0, 0.05) is 45.3 Å². The largest absolute Gasteiger partial charge is 0.363 e. The summed E-state index contributed by atoms with van der Waals surface area (Å²) >= 11 is 0. The predicted octanol–water partition coefficient (Wildman–Crippen LogP) is 1.04. The van der Waals surface area contributed by atoms with E-state index in [0.717, 1.165) is 50.5 Å². The van der Waals surface area contributed by atoms with E-state index in [1.54, 1.807) is 6.20 Å². The highest BCUT2D eigenvalue weighted by atomic mass is 16.2. The van der Waals surface area contributed by atoms with Gasteiger partial charge in [-0.15, -0.1) is 0 Å². The van der Waals surface area contributed by atoms with Gasteiger partial charge < -0.3 is 15.1 Å². The Morgan fingerprint density at radius 1 is 1.29 bits per heavy atom. The van der Waals surface area contributed by atoms with Gasteiger partial charge in [0.05, 0.1) is 0 Å². The van der Waals surface area contributed by atoms with E-state index in [1.165, 1.54) is 0 Å². The molecule has 2 heterocycles. The molecule has 1 saturated heterocycles. The third-order valence-corrected chi connectivity index (χ3v) is 4.16. The topological polar surface area (TPSA) is 61.4 Å². The fourth-order valence-corrected chi connectivity index (χ4v) is 2.63. The molecule has 1 N–H and O–H groups in total. The molecular weight excluding hydrogens is 266 g/mol. The van der Waals surface area contributed by atoms with Crippen molar-refractivity contribution < 1.29 is 4.79 Å². The SMILES string of the molecule is CN(C)c1ccnc(N2CCC(NC(=O)C3CC3)CC2)n1. The van der Waals surface area contributed by atoms with Gasteiger partial charge in [0.2, 0.25) is 11.9 Å². The van der Waals surface area contributed by atoms with Crippen molar-refractivity contribution in [2.45, 2.75) is 31.7 Å². The van der Waals surface area contributed by atoms with Gasteiger partial charge in [-0.1, -0.05) is 0 Å². The molecule has 21 heavy (non-hydrogen) atoms. The fourth-order valence-electron chi connectivity index (χ4n) is 2.63. The molecule has 1 aliphatic carbocycles. The Kier molecular flexibility index (Phi) is 3.94. The summed E-state index contributed by atoms with van der Waals surface area (Å²) in [4.78, 5) is 24.9. The molecule has 0 unspecified atom stereocenters. The average molecular weight is 289 g/mol. The van der Waals surface area contributed by atoms with E-state index in [2.05, 4.69) is 20.2 Å².